The molecule has 0 bridgehead atoms. The van der Waals surface area contributed by atoms with Crippen LogP contribution in [-0.4, -0.2) is 27.3 Å². The molecule has 2 heterocycles. The van der Waals surface area contributed by atoms with Crippen molar-refractivity contribution in [3.8, 4) is 0 Å². The predicted molar refractivity (Wildman–Crippen MR) is 83.9 cm³/mol. The van der Waals surface area contributed by atoms with Gasteiger partial charge in [-0.15, -0.1) is 0 Å². The van der Waals surface area contributed by atoms with Crippen molar-refractivity contribution >= 4 is 28.7 Å². The third-order valence-corrected chi connectivity index (χ3v) is 4.40. The Kier molecular flexibility index (Phi) is 4.33. The minimum absolute atomic E-state index is 0.753. The summed E-state index contributed by atoms with van der Waals surface area (Å²) in [6, 6.07) is 7.92. The Bertz CT molecular complexity index is 572. The largest absolute Gasteiger partial charge is 0.377 e. The fraction of sp³-hybridized carbons (Fsp3) is 0.333. The molecular formula is C15H16ClN3S. The normalized spacial score (nSPS) is 16.4. The maximum atomic E-state index is 5.98. The molecule has 5 heteroatoms. The van der Waals surface area contributed by atoms with Crippen LogP contribution in [0, 0.1) is 0 Å². The lowest BCUT2D eigenvalue weighted by Gasteiger charge is -2.26. The summed E-state index contributed by atoms with van der Waals surface area (Å²) in [5.74, 6) is 0. The standard InChI is InChI=1S/C15H16ClN3S/c16-13-6-4-12(5-7-13)14(15-17-11-18-20-15)10-19-8-2-1-3-9-19/h4-7,10-11H,1-3,8-9H2/b14-10+. The van der Waals surface area contributed by atoms with Crippen LogP contribution < -0.4 is 0 Å². The van der Waals surface area contributed by atoms with Crippen molar-refractivity contribution in [3.05, 3.63) is 52.4 Å². The van der Waals surface area contributed by atoms with E-state index in [1.807, 2.05) is 24.3 Å². The van der Waals surface area contributed by atoms with Gasteiger partial charge < -0.3 is 4.90 Å². The molecule has 104 valence electrons. The van der Waals surface area contributed by atoms with Crippen molar-refractivity contribution in [2.45, 2.75) is 19.3 Å². The summed E-state index contributed by atoms with van der Waals surface area (Å²) in [5, 5.41) is 1.71. The Morgan fingerprint density at radius 1 is 1.15 bits per heavy atom. The number of hydrogen-bond donors (Lipinski definition) is 0. The molecule has 0 spiro atoms. The van der Waals surface area contributed by atoms with Gasteiger partial charge in [-0.1, -0.05) is 23.7 Å². The van der Waals surface area contributed by atoms with Gasteiger partial charge in [0.2, 0.25) is 0 Å². The fourth-order valence-electron chi connectivity index (χ4n) is 2.40. The summed E-state index contributed by atoms with van der Waals surface area (Å²) in [7, 11) is 0. The summed E-state index contributed by atoms with van der Waals surface area (Å²) >= 11 is 7.41. The quantitative estimate of drug-likeness (QED) is 0.856. The van der Waals surface area contributed by atoms with Gasteiger partial charge in [0.15, 0.2) is 0 Å². The summed E-state index contributed by atoms with van der Waals surface area (Å²) in [4.78, 5) is 6.74. The van der Waals surface area contributed by atoms with E-state index in [-0.39, 0.29) is 0 Å². The second-order valence-corrected chi connectivity index (χ2v) is 6.11. The first kappa shape index (κ1) is 13.6. The molecule has 1 aromatic heterocycles. The van der Waals surface area contributed by atoms with Crippen LogP contribution in [-0.2, 0) is 0 Å². The molecule has 0 saturated carbocycles. The molecular weight excluding hydrogens is 290 g/mol. The lowest BCUT2D eigenvalue weighted by atomic mass is 10.1. The molecule has 1 aromatic carbocycles. The fourth-order valence-corrected chi connectivity index (χ4v) is 3.09. The molecule has 0 radical (unpaired) electrons. The number of aromatic nitrogens is 2. The molecule has 0 amide bonds. The predicted octanol–water partition coefficient (Wildman–Crippen LogP) is 4.07. The van der Waals surface area contributed by atoms with E-state index in [9.17, 15) is 0 Å². The van der Waals surface area contributed by atoms with Crippen LogP contribution in [0.4, 0.5) is 0 Å². The summed E-state index contributed by atoms with van der Waals surface area (Å²) < 4.78 is 4.12. The van der Waals surface area contributed by atoms with Crippen LogP contribution in [0.5, 0.6) is 0 Å². The zero-order valence-electron chi connectivity index (χ0n) is 11.1. The summed E-state index contributed by atoms with van der Waals surface area (Å²) in [6.45, 7) is 2.24. The minimum atomic E-state index is 0.753. The summed E-state index contributed by atoms with van der Waals surface area (Å²) in [6.07, 6.45) is 7.70. The second-order valence-electron chi connectivity index (χ2n) is 4.89. The van der Waals surface area contributed by atoms with Gasteiger partial charge in [-0.3, -0.25) is 0 Å². The van der Waals surface area contributed by atoms with Gasteiger partial charge in [0.25, 0.3) is 0 Å². The zero-order chi connectivity index (χ0) is 13.8. The lowest BCUT2D eigenvalue weighted by molar-refractivity contribution is 0.310. The molecule has 1 fully saturated rings. The van der Waals surface area contributed by atoms with E-state index >= 15 is 0 Å². The average Bonchev–Trinajstić information content (AvgIpc) is 3.01. The first-order chi connectivity index (χ1) is 9.83. The monoisotopic (exact) mass is 305 g/mol. The molecule has 0 unspecified atom stereocenters. The van der Waals surface area contributed by atoms with Gasteiger partial charge >= 0.3 is 0 Å². The third kappa shape index (κ3) is 3.19. The highest BCUT2D eigenvalue weighted by Crippen LogP contribution is 2.26. The van der Waals surface area contributed by atoms with E-state index in [0.29, 0.717) is 0 Å². The maximum Gasteiger partial charge on any atom is 0.145 e. The highest BCUT2D eigenvalue weighted by Gasteiger charge is 2.13. The topological polar surface area (TPSA) is 29.0 Å². The van der Waals surface area contributed by atoms with Crippen molar-refractivity contribution in [2.24, 2.45) is 0 Å². The van der Waals surface area contributed by atoms with Crippen LogP contribution in [0.2, 0.25) is 5.02 Å². The smallest absolute Gasteiger partial charge is 0.145 e. The van der Waals surface area contributed by atoms with Crippen LogP contribution >= 0.6 is 23.1 Å². The van der Waals surface area contributed by atoms with Gasteiger partial charge in [0.05, 0.1) is 0 Å². The van der Waals surface area contributed by atoms with Crippen molar-refractivity contribution in [1.82, 2.24) is 14.3 Å². The van der Waals surface area contributed by atoms with Crippen molar-refractivity contribution in [3.63, 3.8) is 0 Å². The Hall–Kier alpha value is -1.39. The number of benzene rings is 1. The molecule has 1 aliphatic rings. The van der Waals surface area contributed by atoms with Crippen LogP contribution in [0.1, 0.15) is 29.8 Å². The van der Waals surface area contributed by atoms with Crippen LogP contribution in [0.3, 0.4) is 0 Å². The SMILES string of the molecule is Clc1ccc(/C(=C\N2CCCCC2)c2ncns2)cc1. The first-order valence-corrected chi connectivity index (χ1v) is 7.97. The number of hydrogen-bond acceptors (Lipinski definition) is 4. The average molecular weight is 306 g/mol. The Labute approximate surface area is 128 Å². The molecule has 1 saturated heterocycles. The molecule has 3 nitrogen and oxygen atoms in total. The number of nitrogens with zero attached hydrogens (tertiary/aromatic N) is 3. The van der Waals surface area contributed by atoms with Gasteiger partial charge in [0.1, 0.15) is 11.3 Å². The Balaban J connectivity index is 1.95. The molecule has 2 aromatic rings. The van der Waals surface area contributed by atoms with Crippen molar-refractivity contribution < 1.29 is 0 Å². The summed E-state index contributed by atoms with van der Waals surface area (Å²) in [5.41, 5.74) is 2.27. The van der Waals surface area contributed by atoms with E-state index in [1.54, 1.807) is 6.33 Å². The highest BCUT2D eigenvalue weighted by molar-refractivity contribution is 7.06. The minimum Gasteiger partial charge on any atom is -0.377 e. The van der Waals surface area contributed by atoms with Gasteiger partial charge in [-0.2, -0.15) is 4.37 Å². The van der Waals surface area contributed by atoms with Gasteiger partial charge in [-0.25, -0.2) is 4.98 Å². The molecule has 20 heavy (non-hydrogen) atoms. The Morgan fingerprint density at radius 2 is 1.90 bits per heavy atom. The second kappa shape index (κ2) is 6.37. The Morgan fingerprint density at radius 3 is 2.55 bits per heavy atom. The number of likely N-dealkylation sites (tertiary alicyclic amines) is 1. The van der Waals surface area contributed by atoms with Gasteiger partial charge in [-0.05, 0) is 48.5 Å². The molecule has 0 atom stereocenters. The molecule has 0 aliphatic carbocycles. The third-order valence-electron chi connectivity index (χ3n) is 3.45. The molecule has 1 aliphatic heterocycles. The van der Waals surface area contributed by atoms with E-state index < -0.39 is 0 Å². The van der Waals surface area contributed by atoms with E-state index in [2.05, 4.69) is 20.5 Å². The highest BCUT2D eigenvalue weighted by atomic mass is 35.5. The van der Waals surface area contributed by atoms with Gasteiger partial charge in [0, 0.05) is 29.9 Å². The van der Waals surface area contributed by atoms with Crippen molar-refractivity contribution in [2.75, 3.05) is 13.1 Å². The van der Waals surface area contributed by atoms with Crippen molar-refractivity contribution in [1.29, 1.82) is 0 Å². The van der Waals surface area contributed by atoms with Crippen LogP contribution in [0.15, 0.2) is 36.8 Å². The lowest BCUT2D eigenvalue weighted by Crippen LogP contribution is -2.24. The van der Waals surface area contributed by atoms with E-state index in [4.69, 9.17) is 11.6 Å². The number of rotatable bonds is 3. The van der Waals surface area contributed by atoms with Crippen LogP contribution in [0.25, 0.3) is 5.57 Å². The number of piperidine rings is 1. The van der Waals surface area contributed by atoms with E-state index in [1.165, 1.54) is 30.8 Å². The van der Waals surface area contributed by atoms with E-state index in [0.717, 1.165) is 34.3 Å². The zero-order valence-corrected chi connectivity index (χ0v) is 12.7. The number of halogens is 1. The molecule has 3 rings (SSSR count). The maximum absolute atomic E-state index is 5.98. The molecule has 0 N–H and O–H groups in total. The first-order valence-electron chi connectivity index (χ1n) is 6.82.